The minimum Gasteiger partial charge on any atom is -0.480 e. The van der Waals surface area contributed by atoms with Gasteiger partial charge in [0, 0.05) is 44.3 Å². The van der Waals surface area contributed by atoms with E-state index in [0.29, 0.717) is 47.1 Å². The van der Waals surface area contributed by atoms with Gasteiger partial charge in [-0.2, -0.15) is 0 Å². The van der Waals surface area contributed by atoms with E-state index in [1.807, 2.05) is 12.1 Å². The molecule has 4 N–H and O–H groups in total. The number of nitrogens with one attached hydrogen (secondary N) is 2. The summed E-state index contributed by atoms with van der Waals surface area (Å²) < 4.78 is 0. The zero-order chi connectivity index (χ0) is 23.7. The second kappa shape index (κ2) is 9.31. The van der Waals surface area contributed by atoms with Gasteiger partial charge in [0.05, 0.1) is 11.8 Å². The Labute approximate surface area is 196 Å². The van der Waals surface area contributed by atoms with Crippen LogP contribution in [0.1, 0.15) is 31.6 Å². The van der Waals surface area contributed by atoms with E-state index in [4.69, 9.17) is 0 Å². The third-order valence-corrected chi connectivity index (χ3v) is 6.14. The number of carboxylic acids is 1. The fourth-order valence-electron chi connectivity index (χ4n) is 4.36. The van der Waals surface area contributed by atoms with E-state index in [1.165, 1.54) is 0 Å². The number of hydrogen-bond donors (Lipinski definition) is 4. The monoisotopic (exact) mass is 465 g/mol. The quantitative estimate of drug-likeness (QED) is 0.412. The molecule has 12 nitrogen and oxygen atoms in total. The van der Waals surface area contributed by atoms with Crippen LogP contribution in [0.25, 0.3) is 10.9 Å². The van der Waals surface area contributed by atoms with Crippen molar-refractivity contribution < 1.29 is 15.0 Å². The van der Waals surface area contributed by atoms with Crippen LogP contribution in [-0.4, -0.2) is 80.1 Å². The number of anilines is 4. The SMILES string of the molecule is CC(O)c1cc2cnc(Nc3ccc(N4CCNCC4)nn3)nc2c(N2CCCC2C(=O)O)n1. The third kappa shape index (κ3) is 4.41. The first-order valence-corrected chi connectivity index (χ1v) is 11.4. The number of rotatable bonds is 6. The average Bonchev–Trinajstić information content (AvgIpc) is 3.35. The van der Waals surface area contributed by atoms with Crippen LogP contribution in [0.5, 0.6) is 0 Å². The number of carbonyl (C=O) groups is 1. The van der Waals surface area contributed by atoms with E-state index in [0.717, 1.165) is 38.4 Å². The molecule has 5 heterocycles. The standard InChI is InChI=1S/C22H27N9O3/c1-13(32)15-11-14-12-24-22(26-17-4-5-18(29-28-17)30-9-6-23-7-10-30)27-19(14)20(25-15)31-8-2-3-16(31)21(33)34/h4-5,11-13,16,23,32H,2-3,6-10H2,1H3,(H,33,34)(H,24,26,27,28). The van der Waals surface area contributed by atoms with Crippen molar-refractivity contribution >= 4 is 40.3 Å². The van der Waals surface area contributed by atoms with Crippen LogP contribution in [0.15, 0.2) is 24.4 Å². The number of piperazine rings is 1. The molecule has 2 saturated heterocycles. The van der Waals surface area contributed by atoms with Gasteiger partial charge in [-0.3, -0.25) is 0 Å². The van der Waals surface area contributed by atoms with E-state index in [2.05, 4.69) is 40.7 Å². The Morgan fingerprint density at radius 2 is 2.03 bits per heavy atom. The summed E-state index contributed by atoms with van der Waals surface area (Å²) in [6.07, 6.45) is 2.10. The van der Waals surface area contributed by atoms with Crippen molar-refractivity contribution in [2.24, 2.45) is 0 Å². The number of aliphatic carboxylic acids is 1. The molecule has 12 heteroatoms. The summed E-state index contributed by atoms with van der Waals surface area (Å²) >= 11 is 0. The third-order valence-electron chi connectivity index (χ3n) is 6.14. The van der Waals surface area contributed by atoms with Gasteiger partial charge < -0.3 is 30.6 Å². The molecule has 2 unspecified atom stereocenters. The number of aliphatic hydroxyl groups is 1. The molecule has 2 atom stereocenters. The summed E-state index contributed by atoms with van der Waals surface area (Å²) in [6.45, 7) is 5.77. The summed E-state index contributed by atoms with van der Waals surface area (Å²) in [5.74, 6) is 1.15. The molecule has 0 spiro atoms. The van der Waals surface area contributed by atoms with Crippen LogP contribution in [0.4, 0.5) is 23.4 Å². The van der Waals surface area contributed by atoms with Crippen LogP contribution < -0.4 is 20.4 Å². The molecule has 34 heavy (non-hydrogen) atoms. The van der Waals surface area contributed by atoms with Crippen molar-refractivity contribution in [3.05, 3.63) is 30.1 Å². The molecule has 2 aliphatic rings. The van der Waals surface area contributed by atoms with Crippen LogP contribution in [0.3, 0.4) is 0 Å². The highest BCUT2D eigenvalue weighted by molar-refractivity contribution is 5.92. The fourth-order valence-corrected chi connectivity index (χ4v) is 4.36. The minimum atomic E-state index is -0.901. The van der Waals surface area contributed by atoms with E-state index < -0.39 is 18.1 Å². The molecule has 0 saturated carbocycles. The lowest BCUT2D eigenvalue weighted by molar-refractivity contribution is -0.138. The summed E-state index contributed by atoms with van der Waals surface area (Å²) in [5.41, 5.74) is 0.956. The van der Waals surface area contributed by atoms with Gasteiger partial charge in [0.2, 0.25) is 5.95 Å². The van der Waals surface area contributed by atoms with Crippen LogP contribution >= 0.6 is 0 Å². The molecule has 5 rings (SSSR count). The lowest BCUT2D eigenvalue weighted by atomic mass is 10.1. The molecular weight excluding hydrogens is 438 g/mol. The van der Waals surface area contributed by atoms with Gasteiger partial charge in [0.15, 0.2) is 17.5 Å². The predicted molar refractivity (Wildman–Crippen MR) is 126 cm³/mol. The van der Waals surface area contributed by atoms with Crippen molar-refractivity contribution in [1.29, 1.82) is 0 Å². The van der Waals surface area contributed by atoms with Crippen LogP contribution in [-0.2, 0) is 4.79 Å². The van der Waals surface area contributed by atoms with Crippen LogP contribution in [0, 0.1) is 0 Å². The molecule has 0 bridgehead atoms. The fraction of sp³-hybridized carbons (Fsp3) is 0.455. The number of nitrogens with zero attached hydrogens (tertiary/aromatic N) is 7. The Balaban J connectivity index is 1.46. The molecule has 0 radical (unpaired) electrons. The Morgan fingerprint density at radius 3 is 2.74 bits per heavy atom. The largest absolute Gasteiger partial charge is 0.480 e. The Hall–Kier alpha value is -3.64. The number of hydrogen-bond acceptors (Lipinski definition) is 11. The van der Waals surface area contributed by atoms with Gasteiger partial charge >= 0.3 is 5.97 Å². The topological polar surface area (TPSA) is 153 Å². The molecule has 3 aromatic heterocycles. The lowest BCUT2D eigenvalue weighted by Crippen LogP contribution is -2.43. The number of pyridine rings is 1. The zero-order valence-electron chi connectivity index (χ0n) is 18.8. The van der Waals surface area contributed by atoms with Crippen molar-refractivity contribution in [3.8, 4) is 0 Å². The van der Waals surface area contributed by atoms with Crippen molar-refractivity contribution in [2.45, 2.75) is 31.9 Å². The minimum absolute atomic E-state index is 0.302. The maximum Gasteiger partial charge on any atom is 0.326 e. The van der Waals surface area contributed by atoms with Crippen molar-refractivity contribution in [1.82, 2.24) is 30.5 Å². The van der Waals surface area contributed by atoms with E-state index in [-0.39, 0.29) is 0 Å². The summed E-state index contributed by atoms with van der Waals surface area (Å²) in [4.78, 5) is 29.3. The molecule has 2 fully saturated rings. The maximum absolute atomic E-state index is 11.8. The van der Waals surface area contributed by atoms with Crippen molar-refractivity contribution in [3.63, 3.8) is 0 Å². The highest BCUT2D eigenvalue weighted by atomic mass is 16.4. The van der Waals surface area contributed by atoms with E-state index >= 15 is 0 Å². The number of fused-ring (bicyclic) bond motifs is 1. The summed E-state index contributed by atoms with van der Waals surface area (Å²) in [6, 6.07) is 4.77. The molecule has 2 aliphatic heterocycles. The Morgan fingerprint density at radius 1 is 1.21 bits per heavy atom. The molecule has 0 amide bonds. The molecular formula is C22H27N9O3. The second-order valence-electron chi connectivity index (χ2n) is 8.51. The first-order chi connectivity index (χ1) is 16.5. The number of carboxylic acid groups (broad SMARTS) is 1. The molecule has 0 aliphatic carbocycles. The Kier molecular flexibility index (Phi) is 6.07. The smallest absolute Gasteiger partial charge is 0.326 e. The lowest BCUT2D eigenvalue weighted by Gasteiger charge is -2.27. The first-order valence-electron chi connectivity index (χ1n) is 11.4. The maximum atomic E-state index is 11.8. The number of aromatic nitrogens is 5. The summed E-state index contributed by atoms with van der Waals surface area (Å²) in [7, 11) is 0. The molecule has 0 aromatic carbocycles. The van der Waals surface area contributed by atoms with Gasteiger partial charge in [-0.05, 0) is 38.0 Å². The van der Waals surface area contributed by atoms with E-state index in [1.54, 1.807) is 24.1 Å². The van der Waals surface area contributed by atoms with Gasteiger partial charge in [-0.1, -0.05) is 0 Å². The van der Waals surface area contributed by atoms with Crippen LogP contribution in [0.2, 0.25) is 0 Å². The van der Waals surface area contributed by atoms with Gasteiger partial charge in [0.25, 0.3) is 0 Å². The second-order valence-corrected chi connectivity index (χ2v) is 8.51. The highest BCUT2D eigenvalue weighted by Crippen LogP contribution is 2.32. The molecule has 3 aromatic rings. The zero-order valence-corrected chi connectivity index (χ0v) is 18.8. The van der Waals surface area contributed by atoms with Gasteiger partial charge in [-0.15, -0.1) is 10.2 Å². The summed E-state index contributed by atoms with van der Waals surface area (Å²) in [5, 5.41) is 35.4. The normalized spacial score (nSPS) is 19.4. The van der Waals surface area contributed by atoms with Gasteiger partial charge in [-0.25, -0.2) is 19.7 Å². The molecule has 178 valence electrons. The Bertz CT molecular complexity index is 1180. The highest BCUT2D eigenvalue weighted by Gasteiger charge is 2.33. The first kappa shape index (κ1) is 22.2. The van der Waals surface area contributed by atoms with Crippen molar-refractivity contribution in [2.75, 3.05) is 47.8 Å². The van der Waals surface area contributed by atoms with E-state index in [9.17, 15) is 15.0 Å². The van der Waals surface area contributed by atoms with Gasteiger partial charge in [0.1, 0.15) is 11.6 Å². The average molecular weight is 466 g/mol. The number of aliphatic hydroxyl groups excluding tert-OH is 1. The predicted octanol–water partition coefficient (Wildman–Crippen LogP) is 1.07.